The van der Waals surface area contributed by atoms with E-state index in [4.69, 9.17) is 11.6 Å². The number of amides is 1. The third-order valence-electron chi connectivity index (χ3n) is 3.16. The predicted molar refractivity (Wildman–Crippen MR) is 92.2 cm³/mol. The van der Waals surface area contributed by atoms with E-state index in [-0.39, 0.29) is 11.3 Å². The van der Waals surface area contributed by atoms with E-state index in [1.807, 2.05) is 30.3 Å². The summed E-state index contributed by atoms with van der Waals surface area (Å²) >= 11 is 9.59. The van der Waals surface area contributed by atoms with E-state index in [1.54, 1.807) is 12.1 Å². The fourth-order valence-corrected chi connectivity index (χ4v) is 3.18. The molecule has 4 heteroatoms. The summed E-state index contributed by atoms with van der Waals surface area (Å²) in [6, 6.07) is 12.8. The Morgan fingerprint density at radius 3 is 2.38 bits per heavy atom. The lowest BCUT2D eigenvalue weighted by atomic mass is 9.86. The molecule has 2 aromatic carbocycles. The van der Waals surface area contributed by atoms with Crippen LogP contribution in [0, 0.1) is 0 Å². The Morgan fingerprint density at radius 2 is 1.81 bits per heavy atom. The predicted octanol–water partition coefficient (Wildman–Crippen LogP) is 5.65. The van der Waals surface area contributed by atoms with Crippen LogP contribution in [0.15, 0.2) is 46.9 Å². The molecule has 110 valence electrons. The Kier molecular flexibility index (Phi) is 4.74. The van der Waals surface area contributed by atoms with Crippen molar-refractivity contribution in [2.24, 2.45) is 0 Å². The van der Waals surface area contributed by atoms with Crippen LogP contribution >= 0.6 is 27.5 Å². The average molecular weight is 367 g/mol. The molecule has 0 atom stereocenters. The molecule has 0 aliphatic carbocycles. The number of hydrogen-bond acceptors (Lipinski definition) is 1. The summed E-state index contributed by atoms with van der Waals surface area (Å²) in [5, 5.41) is 3.34. The fraction of sp³-hybridized carbons (Fsp3) is 0.235. The molecule has 2 aromatic rings. The number of rotatable bonds is 2. The second-order valence-electron chi connectivity index (χ2n) is 5.88. The van der Waals surface area contributed by atoms with E-state index in [2.05, 4.69) is 42.0 Å². The Hall–Kier alpha value is -1.32. The van der Waals surface area contributed by atoms with Gasteiger partial charge in [-0.1, -0.05) is 66.5 Å². The molecule has 2 nitrogen and oxygen atoms in total. The molecule has 0 spiro atoms. The number of benzene rings is 2. The third kappa shape index (κ3) is 3.86. The van der Waals surface area contributed by atoms with E-state index in [0.29, 0.717) is 16.3 Å². The van der Waals surface area contributed by atoms with Crippen molar-refractivity contribution in [2.45, 2.75) is 26.2 Å². The summed E-state index contributed by atoms with van der Waals surface area (Å²) in [7, 11) is 0. The Morgan fingerprint density at radius 1 is 1.14 bits per heavy atom. The lowest BCUT2D eigenvalue weighted by Gasteiger charge is -2.21. The maximum Gasteiger partial charge on any atom is 0.255 e. The smallest absolute Gasteiger partial charge is 0.255 e. The SMILES string of the molecule is CC(C)(C)c1ccc(C(=O)Nc2ccccc2Cl)cc1Br. The minimum Gasteiger partial charge on any atom is -0.321 e. The first-order valence-corrected chi connectivity index (χ1v) is 7.82. The zero-order chi connectivity index (χ0) is 15.6. The first-order valence-electron chi connectivity index (χ1n) is 6.65. The zero-order valence-electron chi connectivity index (χ0n) is 12.2. The van der Waals surface area contributed by atoms with Crippen LogP contribution in [-0.4, -0.2) is 5.91 Å². The normalized spacial score (nSPS) is 11.3. The highest BCUT2D eigenvalue weighted by atomic mass is 79.9. The summed E-state index contributed by atoms with van der Waals surface area (Å²) < 4.78 is 0.932. The standard InChI is InChI=1S/C17H17BrClNO/c1-17(2,3)12-9-8-11(10-13(12)18)16(21)20-15-7-5-4-6-14(15)19/h4-10H,1-3H3,(H,20,21). The lowest BCUT2D eigenvalue weighted by Crippen LogP contribution is -2.15. The van der Waals surface area contributed by atoms with Crippen molar-refractivity contribution in [3.8, 4) is 0 Å². The molecule has 1 amide bonds. The second-order valence-corrected chi connectivity index (χ2v) is 7.14. The number of anilines is 1. The molecule has 0 saturated carbocycles. The average Bonchev–Trinajstić information content (AvgIpc) is 2.39. The molecule has 21 heavy (non-hydrogen) atoms. The quantitative estimate of drug-likeness (QED) is 0.731. The molecular formula is C17H17BrClNO. The van der Waals surface area contributed by atoms with Gasteiger partial charge >= 0.3 is 0 Å². The molecule has 0 aromatic heterocycles. The number of nitrogens with one attached hydrogen (secondary N) is 1. The highest BCUT2D eigenvalue weighted by Gasteiger charge is 2.18. The summed E-state index contributed by atoms with van der Waals surface area (Å²) in [6.45, 7) is 6.41. The Balaban J connectivity index is 2.25. The highest BCUT2D eigenvalue weighted by Crippen LogP contribution is 2.30. The van der Waals surface area contributed by atoms with Crippen molar-refractivity contribution in [1.82, 2.24) is 0 Å². The maximum absolute atomic E-state index is 12.3. The van der Waals surface area contributed by atoms with Crippen LogP contribution in [0.1, 0.15) is 36.7 Å². The summed E-state index contributed by atoms with van der Waals surface area (Å²) in [5.41, 5.74) is 2.39. The largest absolute Gasteiger partial charge is 0.321 e. The molecule has 0 bridgehead atoms. The Labute approximate surface area is 138 Å². The van der Waals surface area contributed by atoms with Crippen LogP contribution in [0.5, 0.6) is 0 Å². The first kappa shape index (κ1) is 16.1. The Bertz CT molecular complexity index is 677. The van der Waals surface area contributed by atoms with Crippen molar-refractivity contribution >= 4 is 39.1 Å². The van der Waals surface area contributed by atoms with Crippen molar-refractivity contribution in [3.05, 3.63) is 63.1 Å². The molecule has 0 heterocycles. The monoisotopic (exact) mass is 365 g/mol. The number of para-hydroxylation sites is 1. The topological polar surface area (TPSA) is 29.1 Å². The molecule has 0 unspecified atom stereocenters. The van der Waals surface area contributed by atoms with Crippen LogP contribution in [0.3, 0.4) is 0 Å². The molecule has 1 N–H and O–H groups in total. The van der Waals surface area contributed by atoms with Gasteiger partial charge < -0.3 is 5.32 Å². The number of carbonyl (C=O) groups excluding carboxylic acids is 1. The minimum atomic E-state index is -0.177. The van der Waals surface area contributed by atoms with Gasteiger partial charge in [-0.2, -0.15) is 0 Å². The van der Waals surface area contributed by atoms with E-state index in [1.165, 1.54) is 0 Å². The number of carbonyl (C=O) groups is 1. The van der Waals surface area contributed by atoms with Crippen LogP contribution in [0.25, 0.3) is 0 Å². The third-order valence-corrected chi connectivity index (χ3v) is 4.15. The molecule has 0 fully saturated rings. The van der Waals surface area contributed by atoms with Crippen molar-refractivity contribution in [3.63, 3.8) is 0 Å². The minimum absolute atomic E-state index is 0.0244. The van der Waals surface area contributed by atoms with E-state index in [9.17, 15) is 4.79 Å². The van der Waals surface area contributed by atoms with Gasteiger partial charge in [0.05, 0.1) is 10.7 Å². The van der Waals surface area contributed by atoms with Gasteiger partial charge in [-0.3, -0.25) is 4.79 Å². The fourth-order valence-electron chi connectivity index (χ4n) is 2.02. The van der Waals surface area contributed by atoms with Crippen molar-refractivity contribution < 1.29 is 4.79 Å². The number of halogens is 2. The van der Waals surface area contributed by atoms with Crippen LogP contribution < -0.4 is 5.32 Å². The highest BCUT2D eigenvalue weighted by molar-refractivity contribution is 9.10. The molecule has 0 saturated heterocycles. The second kappa shape index (κ2) is 6.20. The molecule has 2 rings (SSSR count). The van der Waals surface area contributed by atoms with Gasteiger partial charge in [-0.25, -0.2) is 0 Å². The molecular weight excluding hydrogens is 350 g/mol. The van der Waals surface area contributed by atoms with Gasteiger partial charge in [0.1, 0.15) is 0 Å². The van der Waals surface area contributed by atoms with Gasteiger partial charge in [-0.05, 0) is 35.2 Å². The van der Waals surface area contributed by atoms with Gasteiger partial charge in [0.15, 0.2) is 0 Å². The van der Waals surface area contributed by atoms with Gasteiger partial charge in [0, 0.05) is 10.0 Å². The molecule has 0 aliphatic rings. The van der Waals surface area contributed by atoms with Gasteiger partial charge in [-0.15, -0.1) is 0 Å². The van der Waals surface area contributed by atoms with Crippen LogP contribution in [-0.2, 0) is 5.41 Å². The van der Waals surface area contributed by atoms with Crippen molar-refractivity contribution in [2.75, 3.05) is 5.32 Å². The van der Waals surface area contributed by atoms with Gasteiger partial charge in [0.25, 0.3) is 5.91 Å². The molecule has 0 radical (unpaired) electrons. The van der Waals surface area contributed by atoms with Gasteiger partial charge in [0.2, 0.25) is 0 Å². The van der Waals surface area contributed by atoms with Crippen LogP contribution in [0.4, 0.5) is 5.69 Å². The molecule has 0 aliphatic heterocycles. The maximum atomic E-state index is 12.3. The summed E-state index contributed by atoms with van der Waals surface area (Å²) in [6.07, 6.45) is 0. The number of hydrogen-bond donors (Lipinski definition) is 1. The van der Waals surface area contributed by atoms with Crippen molar-refractivity contribution in [1.29, 1.82) is 0 Å². The lowest BCUT2D eigenvalue weighted by molar-refractivity contribution is 0.102. The van der Waals surface area contributed by atoms with E-state index < -0.39 is 0 Å². The summed E-state index contributed by atoms with van der Waals surface area (Å²) in [5.74, 6) is -0.177. The first-order chi connectivity index (χ1) is 9.79. The summed E-state index contributed by atoms with van der Waals surface area (Å²) in [4.78, 5) is 12.3. The van der Waals surface area contributed by atoms with E-state index in [0.717, 1.165) is 10.0 Å². The van der Waals surface area contributed by atoms with E-state index >= 15 is 0 Å². The van der Waals surface area contributed by atoms with Crippen LogP contribution in [0.2, 0.25) is 5.02 Å². The zero-order valence-corrected chi connectivity index (χ0v) is 14.5.